The van der Waals surface area contributed by atoms with Crippen LogP contribution in [-0.4, -0.2) is 25.8 Å². The van der Waals surface area contributed by atoms with Gasteiger partial charge < -0.3 is 5.73 Å². The summed E-state index contributed by atoms with van der Waals surface area (Å²) in [5, 5.41) is 16.0. The Balaban J connectivity index is 2.37. The number of nitrogens with one attached hydrogen (secondary N) is 1. The molecule has 2 heterocycles. The molecule has 0 bridgehead atoms. The van der Waals surface area contributed by atoms with Crippen LogP contribution in [-0.2, 0) is 0 Å². The molecule has 0 aliphatic carbocycles. The van der Waals surface area contributed by atoms with Gasteiger partial charge in [-0.3, -0.25) is 5.41 Å². The quantitative estimate of drug-likeness (QED) is 0.545. The molecular formula is C14H14N6. The molecule has 2 aromatic heterocycles. The van der Waals surface area contributed by atoms with E-state index in [1.807, 2.05) is 44.2 Å². The van der Waals surface area contributed by atoms with Crippen LogP contribution in [0, 0.1) is 19.3 Å². The van der Waals surface area contributed by atoms with Gasteiger partial charge in [0.1, 0.15) is 11.4 Å². The molecule has 0 aliphatic rings. The van der Waals surface area contributed by atoms with E-state index in [1.165, 1.54) is 0 Å². The van der Waals surface area contributed by atoms with Crippen molar-refractivity contribution in [1.29, 1.82) is 5.41 Å². The summed E-state index contributed by atoms with van der Waals surface area (Å²) >= 11 is 0. The molecule has 6 nitrogen and oxygen atoms in total. The van der Waals surface area contributed by atoms with Gasteiger partial charge in [0.25, 0.3) is 0 Å². The number of nitrogens with two attached hydrogens (primary N) is 1. The highest BCUT2D eigenvalue weighted by Gasteiger charge is 2.16. The van der Waals surface area contributed by atoms with Crippen molar-refractivity contribution in [3.63, 3.8) is 0 Å². The Morgan fingerprint density at radius 3 is 2.75 bits per heavy atom. The number of para-hydroxylation sites is 1. The van der Waals surface area contributed by atoms with Gasteiger partial charge in [0.05, 0.1) is 11.1 Å². The molecule has 1 aromatic carbocycles. The molecule has 3 N–H and O–H groups in total. The third-order valence-corrected chi connectivity index (χ3v) is 3.15. The lowest BCUT2D eigenvalue weighted by Crippen LogP contribution is -2.18. The third kappa shape index (κ3) is 1.82. The molecule has 0 unspecified atom stereocenters. The van der Waals surface area contributed by atoms with Gasteiger partial charge in [0.2, 0.25) is 0 Å². The van der Waals surface area contributed by atoms with Crippen LogP contribution in [0.1, 0.15) is 16.8 Å². The van der Waals surface area contributed by atoms with E-state index in [0.717, 1.165) is 22.3 Å². The fourth-order valence-corrected chi connectivity index (χ4v) is 2.33. The maximum atomic E-state index is 7.77. The number of pyridine rings is 1. The molecule has 3 aromatic rings. The third-order valence-electron chi connectivity index (χ3n) is 3.15. The normalized spacial score (nSPS) is 10.9. The number of fused-ring (bicyclic) bond motifs is 1. The van der Waals surface area contributed by atoms with Gasteiger partial charge >= 0.3 is 0 Å². The molecule has 0 atom stereocenters. The smallest absolute Gasteiger partial charge is 0.167 e. The zero-order chi connectivity index (χ0) is 14.3. The fraction of sp³-hybridized carbons (Fsp3) is 0.143. The van der Waals surface area contributed by atoms with Crippen LogP contribution in [0.25, 0.3) is 16.9 Å². The van der Waals surface area contributed by atoms with E-state index in [1.54, 1.807) is 4.68 Å². The second-order valence-corrected chi connectivity index (χ2v) is 4.68. The van der Waals surface area contributed by atoms with E-state index in [2.05, 4.69) is 15.3 Å². The highest BCUT2D eigenvalue weighted by atomic mass is 15.4. The minimum Gasteiger partial charge on any atom is -0.384 e. The molecule has 6 heteroatoms. The minimum absolute atomic E-state index is 0.0235. The summed E-state index contributed by atoms with van der Waals surface area (Å²) in [6.07, 6.45) is 0. The van der Waals surface area contributed by atoms with Crippen molar-refractivity contribution in [3.05, 3.63) is 47.2 Å². The number of rotatable bonds is 2. The number of nitrogens with zero attached hydrogens (tertiary/aromatic N) is 4. The van der Waals surface area contributed by atoms with Crippen LogP contribution in [0.3, 0.4) is 0 Å². The Kier molecular flexibility index (Phi) is 2.71. The number of nitrogen functional groups attached to an aromatic ring is 1. The first kappa shape index (κ1) is 12.3. The fourth-order valence-electron chi connectivity index (χ4n) is 2.33. The first-order valence-electron chi connectivity index (χ1n) is 6.21. The number of hydrogen-bond donors (Lipinski definition) is 2. The summed E-state index contributed by atoms with van der Waals surface area (Å²) in [6.45, 7) is 3.81. The molecular weight excluding hydrogens is 252 g/mol. The van der Waals surface area contributed by atoms with Gasteiger partial charge in [-0.2, -0.15) is 4.68 Å². The summed E-state index contributed by atoms with van der Waals surface area (Å²) in [5.41, 5.74) is 9.66. The second kappa shape index (κ2) is 4.41. The van der Waals surface area contributed by atoms with E-state index >= 15 is 0 Å². The first-order chi connectivity index (χ1) is 9.58. The van der Waals surface area contributed by atoms with Crippen molar-refractivity contribution in [3.8, 4) is 5.82 Å². The highest BCUT2D eigenvalue weighted by molar-refractivity contribution is 5.99. The Bertz CT molecular complexity index is 818. The van der Waals surface area contributed by atoms with Crippen molar-refractivity contribution in [2.75, 3.05) is 0 Å². The van der Waals surface area contributed by atoms with Crippen LogP contribution in [0.15, 0.2) is 30.3 Å². The van der Waals surface area contributed by atoms with Crippen LogP contribution in [0.2, 0.25) is 0 Å². The zero-order valence-corrected chi connectivity index (χ0v) is 11.3. The SMILES string of the molecule is Cc1cc(C)c(C(=N)N)c(-n2nnc3ccccc32)n1. The maximum Gasteiger partial charge on any atom is 0.167 e. The second-order valence-electron chi connectivity index (χ2n) is 4.68. The van der Waals surface area contributed by atoms with Crippen molar-refractivity contribution in [1.82, 2.24) is 20.0 Å². The number of benzene rings is 1. The number of aromatic nitrogens is 4. The molecule has 0 radical (unpaired) electrons. The highest BCUT2D eigenvalue weighted by Crippen LogP contribution is 2.20. The molecule has 0 saturated heterocycles. The molecule has 20 heavy (non-hydrogen) atoms. The van der Waals surface area contributed by atoms with E-state index in [-0.39, 0.29) is 5.84 Å². The summed E-state index contributed by atoms with van der Waals surface area (Å²) < 4.78 is 1.63. The van der Waals surface area contributed by atoms with E-state index in [0.29, 0.717) is 11.4 Å². The lowest BCUT2D eigenvalue weighted by Gasteiger charge is -2.11. The maximum absolute atomic E-state index is 7.77. The molecule has 0 amide bonds. The zero-order valence-electron chi connectivity index (χ0n) is 11.3. The Morgan fingerprint density at radius 1 is 1.25 bits per heavy atom. The summed E-state index contributed by atoms with van der Waals surface area (Å²) in [6, 6.07) is 9.52. The average molecular weight is 266 g/mol. The Morgan fingerprint density at radius 2 is 2.00 bits per heavy atom. The summed E-state index contributed by atoms with van der Waals surface area (Å²) in [5.74, 6) is 0.522. The van der Waals surface area contributed by atoms with Gasteiger partial charge in [-0.1, -0.05) is 17.3 Å². The topological polar surface area (TPSA) is 93.5 Å². The van der Waals surface area contributed by atoms with Crippen LogP contribution >= 0.6 is 0 Å². The van der Waals surface area contributed by atoms with E-state index < -0.39 is 0 Å². The minimum atomic E-state index is -0.0235. The van der Waals surface area contributed by atoms with Crippen molar-refractivity contribution in [2.24, 2.45) is 5.73 Å². The Labute approximate surface area is 115 Å². The van der Waals surface area contributed by atoms with Crippen LogP contribution < -0.4 is 5.73 Å². The predicted octanol–water partition coefficient (Wildman–Crippen LogP) is 1.72. The number of hydrogen-bond acceptors (Lipinski definition) is 4. The number of aryl methyl sites for hydroxylation is 2. The first-order valence-corrected chi connectivity index (χ1v) is 6.21. The molecule has 3 rings (SSSR count). The van der Waals surface area contributed by atoms with Gasteiger partial charge in [-0.15, -0.1) is 5.10 Å². The molecule has 0 aliphatic heterocycles. The van der Waals surface area contributed by atoms with Crippen LogP contribution in [0.4, 0.5) is 0 Å². The van der Waals surface area contributed by atoms with Gasteiger partial charge in [0, 0.05) is 5.69 Å². The monoisotopic (exact) mass is 266 g/mol. The summed E-state index contributed by atoms with van der Waals surface area (Å²) in [4.78, 5) is 4.49. The largest absolute Gasteiger partial charge is 0.384 e. The van der Waals surface area contributed by atoms with Gasteiger partial charge in [0.15, 0.2) is 5.82 Å². The van der Waals surface area contributed by atoms with E-state index in [4.69, 9.17) is 11.1 Å². The van der Waals surface area contributed by atoms with E-state index in [9.17, 15) is 0 Å². The van der Waals surface area contributed by atoms with Gasteiger partial charge in [-0.05, 0) is 37.6 Å². The molecule has 0 saturated carbocycles. The predicted molar refractivity (Wildman–Crippen MR) is 77.2 cm³/mol. The lowest BCUT2D eigenvalue weighted by atomic mass is 10.1. The van der Waals surface area contributed by atoms with Crippen molar-refractivity contribution < 1.29 is 0 Å². The van der Waals surface area contributed by atoms with Gasteiger partial charge in [-0.25, -0.2) is 4.98 Å². The summed E-state index contributed by atoms with van der Waals surface area (Å²) in [7, 11) is 0. The van der Waals surface area contributed by atoms with Crippen LogP contribution in [0.5, 0.6) is 0 Å². The Hall–Kier alpha value is -2.76. The molecule has 0 spiro atoms. The number of amidine groups is 1. The molecule has 100 valence electrons. The van der Waals surface area contributed by atoms with Crippen molar-refractivity contribution >= 4 is 16.9 Å². The molecule has 0 fully saturated rings. The van der Waals surface area contributed by atoms with Crippen molar-refractivity contribution in [2.45, 2.75) is 13.8 Å². The lowest BCUT2D eigenvalue weighted by molar-refractivity contribution is 0.794. The average Bonchev–Trinajstić information content (AvgIpc) is 2.80. The standard InChI is InChI=1S/C14H14N6/c1-8-7-9(2)17-14(12(8)13(15)16)20-11-6-4-3-5-10(11)18-19-20/h3-7H,1-2H3,(H3,15,16).